The predicted octanol–water partition coefficient (Wildman–Crippen LogP) is 0.260. The Kier molecular flexibility index (Phi) is 8.31. The smallest absolute Gasteiger partial charge is 0.234 e. The summed E-state index contributed by atoms with van der Waals surface area (Å²) in [6.07, 6.45) is 0.0759. The highest BCUT2D eigenvalue weighted by atomic mass is 16.5. The molecule has 1 unspecified atom stereocenters. The van der Waals surface area contributed by atoms with Crippen LogP contribution in [0.2, 0.25) is 0 Å². The van der Waals surface area contributed by atoms with Crippen molar-refractivity contribution in [3.05, 3.63) is 0 Å². The van der Waals surface area contributed by atoms with Crippen LogP contribution >= 0.6 is 0 Å². The first-order valence-corrected chi connectivity index (χ1v) is 9.97. The minimum Gasteiger partial charge on any atom is -0.374 e. The number of carbonyl (C=O) groups is 2. The predicted molar refractivity (Wildman–Crippen MR) is 102 cm³/mol. The number of nitrogens with zero attached hydrogens (tertiary/aromatic N) is 3. The lowest BCUT2D eigenvalue weighted by atomic mass is 10.1. The number of hydrogen-bond acceptors (Lipinski definition) is 5. The van der Waals surface area contributed by atoms with Gasteiger partial charge < -0.3 is 15.0 Å². The van der Waals surface area contributed by atoms with Crippen LogP contribution in [0.5, 0.6) is 0 Å². The zero-order chi connectivity index (χ0) is 19.1. The molecule has 2 amide bonds. The lowest BCUT2D eigenvalue weighted by Gasteiger charge is -2.35. The number of amides is 2. The van der Waals surface area contributed by atoms with Gasteiger partial charge >= 0.3 is 0 Å². The van der Waals surface area contributed by atoms with E-state index in [1.165, 1.54) is 0 Å². The van der Waals surface area contributed by atoms with Gasteiger partial charge in [-0.3, -0.25) is 19.4 Å². The van der Waals surface area contributed by atoms with Gasteiger partial charge in [0.15, 0.2) is 0 Å². The molecule has 0 radical (unpaired) electrons. The van der Waals surface area contributed by atoms with Crippen molar-refractivity contribution in [3.8, 4) is 0 Å². The summed E-state index contributed by atoms with van der Waals surface area (Å²) in [5, 5.41) is 3.01. The Labute approximate surface area is 158 Å². The number of morpholine rings is 1. The van der Waals surface area contributed by atoms with E-state index in [9.17, 15) is 9.59 Å². The average molecular weight is 369 g/mol. The third kappa shape index (κ3) is 6.85. The molecule has 1 N–H and O–H groups in total. The summed E-state index contributed by atoms with van der Waals surface area (Å²) in [6, 6.07) is 0. The normalized spacial score (nSPS) is 22.8. The number of hydrogen-bond donors (Lipinski definition) is 1. The molecule has 2 rings (SSSR count). The van der Waals surface area contributed by atoms with E-state index in [1.54, 1.807) is 0 Å². The SMILES string of the molecule is CC(C)CN1CCOC(CNC(=O)CN2CCN(C(=O)C(C)C)CC2)C1. The number of ether oxygens (including phenoxy) is 1. The Bertz CT molecular complexity index is 462. The van der Waals surface area contributed by atoms with Gasteiger partial charge in [-0.05, 0) is 5.92 Å². The molecule has 2 heterocycles. The average Bonchev–Trinajstić information content (AvgIpc) is 2.60. The number of nitrogens with one attached hydrogen (secondary N) is 1. The van der Waals surface area contributed by atoms with Crippen LogP contribution < -0.4 is 5.32 Å². The zero-order valence-electron chi connectivity index (χ0n) is 16.9. The maximum absolute atomic E-state index is 12.2. The molecule has 0 bridgehead atoms. The second kappa shape index (κ2) is 10.2. The van der Waals surface area contributed by atoms with E-state index in [0.717, 1.165) is 39.3 Å². The van der Waals surface area contributed by atoms with E-state index in [-0.39, 0.29) is 23.8 Å². The summed E-state index contributed by atoms with van der Waals surface area (Å²) in [7, 11) is 0. The summed E-state index contributed by atoms with van der Waals surface area (Å²) in [5.74, 6) is 0.924. The van der Waals surface area contributed by atoms with Gasteiger partial charge in [0, 0.05) is 58.3 Å². The molecule has 2 saturated heterocycles. The highest BCUT2D eigenvalue weighted by molar-refractivity contribution is 5.79. The Morgan fingerprint density at radius 2 is 1.73 bits per heavy atom. The van der Waals surface area contributed by atoms with Crippen molar-refractivity contribution in [2.24, 2.45) is 11.8 Å². The molecule has 7 nitrogen and oxygen atoms in total. The summed E-state index contributed by atoms with van der Waals surface area (Å²) >= 11 is 0. The topological polar surface area (TPSA) is 65.1 Å². The van der Waals surface area contributed by atoms with Crippen LogP contribution in [0.15, 0.2) is 0 Å². The number of rotatable bonds is 7. The van der Waals surface area contributed by atoms with Crippen LogP contribution in [0.3, 0.4) is 0 Å². The van der Waals surface area contributed by atoms with E-state index in [0.29, 0.717) is 32.1 Å². The molecular formula is C19H36N4O3. The molecule has 1 atom stereocenters. The van der Waals surface area contributed by atoms with Crippen LogP contribution in [0.1, 0.15) is 27.7 Å². The molecule has 150 valence electrons. The highest BCUT2D eigenvalue weighted by Crippen LogP contribution is 2.08. The lowest BCUT2D eigenvalue weighted by Crippen LogP contribution is -2.53. The molecule has 26 heavy (non-hydrogen) atoms. The minimum absolute atomic E-state index is 0.0376. The van der Waals surface area contributed by atoms with Gasteiger partial charge in [0.05, 0.1) is 19.3 Å². The van der Waals surface area contributed by atoms with E-state index in [2.05, 4.69) is 29.0 Å². The van der Waals surface area contributed by atoms with Crippen LogP contribution in [0.25, 0.3) is 0 Å². The first-order chi connectivity index (χ1) is 12.3. The Morgan fingerprint density at radius 3 is 2.35 bits per heavy atom. The maximum Gasteiger partial charge on any atom is 0.234 e. The standard InChI is InChI=1S/C19H36N4O3/c1-15(2)12-22-9-10-26-17(13-22)11-20-18(24)14-21-5-7-23(8-6-21)19(25)16(3)4/h15-17H,5-14H2,1-4H3,(H,20,24). The quantitative estimate of drug-likeness (QED) is 0.698. The molecule has 0 aromatic rings. The molecule has 0 aromatic carbocycles. The summed E-state index contributed by atoms with van der Waals surface area (Å²) < 4.78 is 5.78. The molecule has 2 aliphatic rings. The molecule has 2 aliphatic heterocycles. The van der Waals surface area contributed by atoms with Gasteiger partial charge in [0.2, 0.25) is 11.8 Å². The monoisotopic (exact) mass is 368 g/mol. The highest BCUT2D eigenvalue weighted by Gasteiger charge is 2.25. The van der Waals surface area contributed by atoms with Crippen molar-refractivity contribution in [1.29, 1.82) is 0 Å². The molecule has 7 heteroatoms. The fraction of sp³-hybridized carbons (Fsp3) is 0.895. The third-order valence-electron chi connectivity index (χ3n) is 4.92. The molecule has 2 fully saturated rings. The minimum atomic E-state index is 0.0376. The van der Waals surface area contributed by atoms with E-state index >= 15 is 0 Å². The van der Waals surface area contributed by atoms with Crippen LogP contribution in [-0.4, -0.2) is 98.1 Å². The number of piperazine rings is 1. The van der Waals surface area contributed by atoms with Gasteiger partial charge in [0.25, 0.3) is 0 Å². The fourth-order valence-corrected chi connectivity index (χ4v) is 3.56. The van der Waals surface area contributed by atoms with Crippen molar-refractivity contribution >= 4 is 11.8 Å². The first-order valence-electron chi connectivity index (χ1n) is 9.97. The summed E-state index contributed by atoms with van der Waals surface area (Å²) in [6.45, 7) is 15.9. The van der Waals surface area contributed by atoms with Crippen molar-refractivity contribution < 1.29 is 14.3 Å². The lowest BCUT2D eigenvalue weighted by molar-refractivity contribution is -0.136. The Hall–Kier alpha value is -1.18. The van der Waals surface area contributed by atoms with Crippen molar-refractivity contribution in [3.63, 3.8) is 0 Å². The zero-order valence-corrected chi connectivity index (χ0v) is 16.9. The van der Waals surface area contributed by atoms with Crippen LogP contribution in [-0.2, 0) is 14.3 Å². The van der Waals surface area contributed by atoms with Gasteiger partial charge in [-0.2, -0.15) is 0 Å². The van der Waals surface area contributed by atoms with Crippen LogP contribution in [0, 0.1) is 11.8 Å². The van der Waals surface area contributed by atoms with E-state index < -0.39 is 0 Å². The Morgan fingerprint density at radius 1 is 1.04 bits per heavy atom. The van der Waals surface area contributed by atoms with Crippen molar-refractivity contribution in [2.75, 3.05) is 65.5 Å². The second-order valence-corrected chi connectivity index (χ2v) is 8.21. The molecule has 0 aromatic heterocycles. The van der Waals surface area contributed by atoms with Gasteiger partial charge in [-0.1, -0.05) is 27.7 Å². The maximum atomic E-state index is 12.2. The first kappa shape index (κ1) is 21.1. The summed E-state index contributed by atoms with van der Waals surface area (Å²) in [4.78, 5) is 30.7. The molecule has 0 spiro atoms. The van der Waals surface area contributed by atoms with Crippen molar-refractivity contribution in [2.45, 2.75) is 33.8 Å². The molecule has 0 aliphatic carbocycles. The van der Waals surface area contributed by atoms with E-state index in [1.807, 2.05) is 18.7 Å². The molecular weight excluding hydrogens is 332 g/mol. The van der Waals surface area contributed by atoms with Gasteiger partial charge in [-0.15, -0.1) is 0 Å². The number of carbonyl (C=O) groups excluding carboxylic acids is 2. The van der Waals surface area contributed by atoms with Crippen molar-refractivity contribution in [1.82, 2.24) is 20.0 Å². The van der Waals surface area contributed by atoms with E-state index in [4.69, 9.17) is 4.74 Å². The largest absolute Gasteiger partial charge is 0.374 e. The van der Waals surface area contributed by atoms with Gasteiger partial charge in [0.1, 0.15) is 0 Å². The molecule has 0 saturated carbocycles. The fourth-order valence-electron chi connectivity index (χ4n) is 3.56. The Balaban J connectivity index is 1.64. The summed E-state index contributed by atoms with van der Waals surface area (Å²) in [5.41, 5.74) is 0. The second-order valence-electron chi connectivity index (χ2n) is 8.21. The van der Waals surface area contributed by atoms with Crippen LogP contribution in [0.4, 0.5) is 0 Å². The van der Waals surface area contributed by atoms with Gasteiger partial charge in [-0.25, -0.2) is 0 Å². The third-order valence-corrected chi connectivity index (χ3v) is 4.92.